The van der Waals surface area contributed by atoms with Gasteiger partial charge in [-0.3, -0.25) is 24.1 Å². The van der Waals surface area contributed by atoms with Gasteiger partial charge in [0, 0.05) is 27.6 Å². The topological polar surface area (TPSA) is 101 Å². The summed E-state index contributed by atoms with van der Waals surface area (Å²) in [6, 6.07) is 11.9. The molecule has 4 aliphatic rings. The molecule has 7 nitrogen and oxygen atoms in total. The lowest BCUT2D eigenvalue weighted by atomic mass is 9.59. The van der Waals surface area contributed by atoms with Crippen molar-refractivity contribution in [2.45, 2.75) is 18.8 Å². The van der Waals surface area contributed by atoms with Crippen molar-refractivity contribution in [3.8, 4) is 11.5 Å². The number of rotatable bonds is 3. The average molecular weight is 639 g/mol. The average Bonchev–Trinajstić information content (AvgIpc) is 3.16. The first-order chi connectivity index (χ1) is 18.2. The molecule has 0 aromatic heterocycles. The van der Waals surface area contributed by atoms with E-state index in [0.717, 1.165) is 10.0 Å². The third kappa shape index (κ3) is 3.66. The van der Waals surface area contributed by atoms with Crippen molar-refractivity contribution in [2.24, 2.45) is 17.8 Å². The van der Waals surface area contributed by atoms with Crippen LogP contribution in [0.5, 0.6) is 11.5 Å². The van der Waals surface area contributed by atoms with E-state index in [1.165, 1.54) is 24.2 Å². The number of imide groups is 1. The zero-order valence-corrected chi connectivity index (χ0v) is 23.3. The number of amides is 2. The van der Waals surface area contributed by atoms with Crippen LogP contribution in [-0.4, -0.2) is 35.6 Å². The van der Waals surface area contributed by atoms with Gasteiger partial charge >= 0.3 is 0 Å². The molecular weight excluding hydrogens is 618 g/mol. The number of Topliss-reactive ketones (excluding diaryl/α,β-unsaturated/α-hetero) is 1. The molecule has 6 rings (SSSR count). The zero-order chi connectivity index (χ0) is 26.9. The van der Waals surface area contributed by atoms with E-state index in [1.807, 2.05) is 6.08 Å². The molecule has 192 valence electrons. The molecule has 3 aliphatic carbocycles. The Balaban J connectivity index is 1.49. The zero-order valence-electron chi connectivity index (χ0n) is 20.1. The molecular formula is C29H21Br2NO6. The van der Waals surface area contributed by atoms with E-state index >= 15 is 0 Å². The smallest absolute Gasteiger partial charge is 0.238 e. The Labute approximate surface area is 235 Å². The standard InChI is InChI=1S/C29H21Br2NO6/c1-38-23-10-13(2-9-21(23)33)24-16-7-8-17-25(18(16)11-19-26(24)22(34)12-20(31)27(19)35)29(37)32(28(17)36)15-5-3-14(30)4-6-15/h2-7,9-10,12,17-18,24-25,33H,8,11H2,1H3/t17-,18+,24-,25-/m0/s1. The summed E-state index contributed by atoms with van der Waals surface area (Å²) in [4.78, 5) is 55.3. The quantitative estimate of drug-likeness (QED) is 0.284. The fourth-order valence-corrected chi connectivity index (χ4v) is 7.02. The number of halogens is 2. The Morgan fingerprint density at radius 2 is 1.71 bits per heavy atom. The molecule has 2 amide bonds. The van der Waals surface area contributed by atoms with Crippen molar-refractivity contribution in [2.75, 3.05) is 12.0 Å². The third-order valence-electron chi connectivity index (χ3n) is 7.95. The van der Waals surface area contributed by atoms with Crippen LogP contribution in [0.25, 0.3) is 0 Å². The predicted molar refractivity (Wildman–Crippen MR) is 146 cm³/mol. The molecule has 0 spiro atoms. The fraction of sp³-hybridized carbons (Fsp3) is 0.241. The number of benzene rings is 2. The molecule has 1 N–H and O–H groups in total. The van der Waals surface area contributed by atoms with Crippen molar-refractivity contribution >= 4 is 60.9 Å². The van der Waals surface area contributed by atoms with Gasteiger partial charge in [-0.2, -0.15) is 0 Å². The minimum absolute atomic E-state index is 0.0501. The number of allylic oxidation sites excluding steroid dienone is 6. The second-order valence-corrected chi connectivity index (χ2v) is 11.6. The number of hydrogen-bond donors (Lipinski definition) is 1. The molecule has 4 atom stereocenters. The molecule has 0 radical (unpaired) electrons. The largest absolute Gasteiger partial charge is 0.504 e. The number of phenolic OH excluding ortho intramolecular Hbond substituents is 1. The maximum absolute atomic E-state index is 13.9. The van der Waals surface area contributed by atoms with Gasteiger partial charge in [-0.15, -0.1) is 0 Å². The first-order valence-electron chi connectivity index (χ1n) is 12.1. The summed E-state index contributed by atoms with van der Waals surface area (Å²) in [5.74, 6) is -3.21. The van der Waals surface area contributed by atoms with Crippen LogP contribution in [0.2, 0.25) is 0 Å². The summed E-state index contributed by atoms with van der Waals surface area (Å²) < 4.78 is 6.33. The predicted octanol–water partition coefficient (Wildman–Crippen LogP) is 5.13. The number of methoxy groups -OCH3 is 1. The molecule has 1 saturated heterocycles. The van der Waals surface area contributed by atoms with E-state index in [4.69, 9.17) is 4.74 Å². The van der Waals surface area contributed by atoms with E-state index in [1.54, 1.807) is 36.4 Å². The fourth-order valence-electron chi connectivity index (χ4n) is 6.30. The summed E-state index contributed by atoms with van der Waals surface area (Å²) in [5, 5.41) is 10.2. The lowest BCUT2D eigenvalue weighted by Gasteiger charge is -2.42. The highest BCUT2D eigenvalue weighted by Gasteiger charge is 2.56. The van der Waals surface area contributed by atoms with E-state index in [2.05, 4.69) is 31.9 Å². The summed E-state index contributed by atoms with van der Waals surface area (Å²) in [6.45, 7) is 0. The minimum atomic E-state index is -0.658. The van der Waals surface area contributed by atoms with Gasteiger partial charge in [-0.25, -0.2) is 0 Å². The number of carbonyl (C=O) groups excluding carboxylic acids is 4. The van der Waals surface area contributed by atoms with Gasteiger partial charge in [-0.05, 0) is 76.7 Å². The van der Waals surface area contributed by atoms with Crippen LogP contribution in [0.15, 0.2) is 80.3 Å². The first-order valence-corrected chi connectivity index (χ1v) is 13.7. The number of carbonyl (C=O) groups is 4. The highest BCUT2D eigenvalue weighted by Crippen LogP contribution is 2.56. The second kappa shape index (κ2) is 9.17. The third-order valence-corrected chi connectivity index (χ3v) is 9.07. The van der Waals surface area contributed by atoms with Crippen molar-refractivity contribution in [3.63, 3.8) is 0 Å². The Kier molecular flexibility index (Phi) is 6.03. The number of anilines is 1. The number of phenols is 1. The van der Waals surface area contributed by atoms with Crippen LogP contribution in [0, 0.1) is 17.8 Å². The van der Waals surface area contributed by atoms with Gasteiger partial charge in [0.2, 0.25) is 11.8 Å². The van der Waals surface area contributed by atoms with E-state index in [0.29, 0.717) is 28.8 Å². The summed E-state index contributed by atoms with van der Waals surface area (Å²) >= 11 is 6.62. The molecule has 0 unspecified atom stereocenters. The van der Waals surface area contributed by atoms with Crippen LogP contribution in [-0.2, 0) is 19.2 Å². The lowest BCUT2D eigenvalue weighted by molar-refractivity contribution is -0.123. The highest BCUT2D eigenvalue weighted by atomic mass is 79.9. The van der Waals surface area contributed by atoms with E-state index in [-0.39, 0.29) is 45.8 Å². The van der Waals surface area contributed by atoms with Crippen LogP contribution in [0.1, 0.15) is 24.3 Å². The Bertz CT molecular complexity index is 1540. The van der Waals surface area contributed by atoms with Crippen molar-refractivity contribution in [1.29, 1.82) is 0 Å². The van der Waals surface area contributed by atoms with Crippen molar-refractivity contribution in [3.05, 3.63) is 85.9 Å². The number of hydrogen-bond acceptors (Lipinski definition) is 6. The molecule has 2 aromatic rings. The molecule has 9 heteroatoms. The molecule has 2 aromatic carbocycles. The van der Waals surface area contributed by atoms with E-state index in [9.17, 15) is 24.3 Å². The summed E-state index contributed by atoms with van der Waals surface area (Å²) in [6.07, 6.45) is 3.79. The summed E-state index contributed by atoms with van der Waals surface area (Å²) in [5.41, 5.74) is 2.73. The highest BCUT2D eigenvalue weighted by molar-refractivity contribution is 9.12. The van der Waals surface area contributed by atoms with Gasteiger partial charge in [0.05, 0.1) is 29.1 Å². The Morgan fingerprint density at radius 3 is 2.42 bits per heavy atom. The van der Waals surface area contributed by atoms with Gasteiger partial charge < -0.3 is 9.84 Å². The normalized spacial score (nSPS) is 26.6. The maximum Gasteiger partial charge on any atom is 0.238 e. The van der Waals surface area contributed by atoms with Crippen LogP contribution in [0.4, 0.5) is 5.69 Å². The monoisotopic (exact) mass is 637 g/mol. The van der Waals surface area contributed by atoms with Gasteiger partial charge in [0.1, 0.15) is 0 Å². The molecule has 1 heterocycles. The van der Waals surface area contributed by atoms with Gasteiger partial charge in [0.25, 0.3) is 0 Å². The Morgan fingerprint density at radius 1 is 0.974 bits per heavy atom. The Hall–Kier alpha value is -3.30. The molecule has 0 bridgehead atoms. The van der Waals surface area contributed by atoms with E-state index < -0.39 is 23.7 Å². The number of ether oxygens (including phenoxy) is 1. The van der Waals surface area contributed by atoms with Crippen molar-refractivity contribution < 1.29 is 29.0 Å². The summed E-state index contributed by atoms with van der Waals surface area (Å²) in [7, 11) is 1.44. The molecule has 38 heavy (non-hydrogen) atoms. The molecule has 0 saturated carbocycles. The first kappa shape index (κ1) is 25.0. The number of fused-ring (bicyclic) bond motifs is 3. The lowest BCUT2D eigenvalue weighted by Crippen LogP contribution is -2.39. The maximum atomic E-state index is 13.9. The number of aromatic hydroxyl groups is 1. The van der Waals surface area contributed by atoms with Crippen LogP contribution in [0.3, 0.4) is 0 Å². The second-order valence-electron chi connectivity index (χ2n) is 9.81. The van der Waals surface area contributed by atoms with Crippen molar-refractivity contribution in [1.82, 2.24) is 0 Å². The van der Waals surface area contributed by atoms with Crippen LogP contribution < -0.4 is 9.64 Å². The van der Waals surface area contributed by atoms with Gasteiger partial charge in [-0.1, -0.05) is 33.6 Å². The number of ketones is 2. The molecule has 1 aliphatic heterocycles. The minimum Gasteiger partial charge on any atom is -0.504 e. The van der Waals surface area contributed by atoms with Crippen LogP contribution >= 0.6 is 31.9 Å². The number of nitrogens with zero attached hydrogens (tertiary/aromatic N) is 1. The van der Waals surface area contributed by atoms with Gasteiger partial charge in [0.15, 0.2) is 23.1 Å². The molecule has 1 fully saturated rings. The SMILES string of the molecule is COc1cc([C@H]2C3=CC[C@@H]4C(=O)N(c5ccc(Br)cc5)C(=O)[C@@H]4[C@@H]3CC3=C2C(=O)C=C(Br)C3=O)ccc1O.